The van der Waals surface area contributed by atoms with Gasteiger partial charge in [0.05, 0.1) is 11.6 Å². The van der Waals surface area contributed by atoms with Crippen LogP contribution in [0.5, 0.6) is 5.75 Å². The van der Waals surface area contributed by atoms with Crippen LogP contribution in [-0.2, 0) is 17.9 Å². The van der Waals surface area contributed by atoms with Gasteiger partial charge in [-0.2, -0.15) is 0 Å². The molecule has 0 spiro atoms. The Kier molecular flexibility index (Phi) is 5.60. The third-order valence-electron chi connectivity index (χ3n) is 2.96. The largest absolute Gasteiger partial charge is 0.482 e. The molecule has 0 aromatic heterocycles. The standard InChI is InChI=1S/C16H16ClNO3/c17-14-7-3-4-8-15(14)21-11-16(20)18-9-12-5-1-2-6-13(12)10-19/h1-8,19H,9-11H2,(H,18,20). The zero-order valence-corrected chi connectivity index (χ0v) is 12.1. The van der Waals surface area contributed by atoms with E-state index < -0.39 is 0 Å². The molecule has 0 aliphatic heterocycles. The van der Waals surface area contributed by atoms with Crippen molar-refractivity contribution in [3.63, 3.8) is 0 Å². The van der Waals surface area contributed by atoms with Crippen molar-refractivity contribution in [1.82, 2.24) is 5.32 Å². The number of benzene rings is 2. The topological polar surface area (TPSA) is 58.6 Å². The first kappa shape index (κ1) is 15.4. The number of halogens is 1. The number of nitrogens with one attached hydrogen (secondary N) is 1. The van der Waals surface area contributed by atoms with Crippen molar-refractivity contribution in [2.75, 3.05) is 6.61 Å². The molecule has 4 nitrogen and oxygen atoms in total. The van der Waals surface area contributed by atoms with Gasteiger partial charge in [-0.25, -0.2) is 0 Å². The van der Waals surface area contributed by atoms with Crippen molar-refractivity contribution in [3.8, 4) is 5.75 Å². The lowest BCUT2D eigenvalue weighted by Gasteiger charge is -2.10. The van der Waals surface area contributed by atoms with E-state index in [0.717, 1.165) is 11.1 Å². The summed E-state index contributed by atoms with van der Waals surface area (Å²) >= 11 is 5.94. The Hall–Kier alpha value is -2.04. The fourth-order valence-electron chi connectivity index (χ4n) is 1.83. The van der Waals surface area contributed by atoms with Gasteiger partial charge in [0.25, 0.3) is 5.91 Å². The van der Waals surface area contributed by atoms with Gasteiger partial charge >= 0.3 is 0 Å². The van der Waals surface area contributed by atoms with E-state index >= 15 is 0 Å². The van der Waals surface area contributed by atoms with Gasteiger partial charge in [0.1, 0.15) is 5.75 Å². The summed E-state index contributed by atoms with van der Waals surface area (Å²) in [5, 5.41) is 12.4. The van der Waals surface area contributed by atoms with Gasteiger partial charge in [0, 0.05) is 6.54 Å². The van der Waals surface area contributed by atoms with E-state index in [4.69, 9.17) is 16.3 Å². The second-order valence-electron chi connectivity index (χ2n) is 4.42. The number of ether oxygens (including phenoxy) is 1. The van der Waals surface area contributed by atoms with Crippen LogP contribution >= 0.6 is 11.6 Å². The number of carbonyl (C=O) groups excluding carboxylic acids is 1. The summed E-state index contributed by atoms with van der Waals surface area (Å²) < 4.78 is 5.35. The molecule has 0 heterocycles. The second-order valence-corrected chi connectivity index (χ2v) is 4.83. The summed E-state index contributed by atoms with van der Waals surface area (Å²) in [6.45, 7) is 0.189. The first-order valence-electron chi connectivity index (χ1n) is 6.52. The minimum atomic E-state index is -0.248. The Morgan fingerprint density at radius 1 is 1.10 bits per heavy atom. The highest BCUT2D eigenvalue weighted by Crippen LogP contribution is 2.22. The van der Waals surface area contributed by atoms with Crippen LogP contribution in [0.25, 0.3) is 0 Å². The van der Waals surface area contributed by atoms with Crippen LogP contribution in [0.1, 0.15) is 11.1 Å². The average Bonchev–Trinajstić information content (AvgIpc) is 2.52. The lowest BCUT2D eigenvalue weighted by atomic mass is 10.1. The fourth-order valence-corrected chi connectivity index (χ4v) is 2.02. The van der Waals surface area contributed by atoms with Gasteiger partial charge in [-0.1, -0.05) is 48.0 Å². The van der Waals surface area contributed by atoms with E-state index in [1.165, 1.54) is 0 Å². The maximum absolute atomic E-state index is 11.8. The van der Waals surface area contributed by atoms with E-state index in [1.54, 1.807) is 24.3 Å². The first-order chi connectivity index (χ1) is 10.2. The minimum absolute atomic E-state index is 0.0534. The van der Waals surface area contributed by atoms with Gasteiger partial charge in [-0.05, 0) is 23.3 Å². The molecule has 0 unspecified atom stereocenters. The summed E-state index contributed by atoms with van der Waals surface area (Å²) in [6, 6.07) is 14.4. The molecule has 2 aromatic rings. The molecule has 0 aliphatic carbocycles. The number of aliphatic hydroxyl groups excluding tert-OH is 1. The van der Waals surface area contributed by atoms with Crippen molar-refractivity contribution < 1.29 is 14.6 Å². The van der Waals surface area contributed by atoms with Crippen LogP contribution < -0.4 is 10.1 Å². The number of rotatable bonds is 6. The summed E-state index contributed by atoms with van der Waals surface area (Å²) in [4.78, 5) is 11.8. The zero-order chi connectivity index (χ0) is 15.1. The fraction of sp³-hybridized carbons (Fsp3) is 0.188. The summed E-state index contributed by atoms with van der Waals surface area (Å²) in [7, 11) is 0. The Labute approximate surface area is 128 Å². The van der Waals surface area contributed by atoms with Gasteiger partial charge < -0.3 is 15.2 Å². The quantitative estimate of drug-likeness (QED) is 0.862. The average molecular weight is 306 g/mol. The molecule has 0 fully saturated rings. The molecule has 5 heteroatoms. The molecule has 0 bridgehead atoms. The van der Waals surface area contributed by atoms with Crippen LogP contribution in [0.4, 0.5) is 0 Å². The molecule has 0 aliphatic rings. The number of para-hydroxylation sites is 1. The highest BCUT2D eigenvalue weighted by molar-refractivity contribution is 6.32. The normalized spacial score (nSPS) is 10.2. The van der Waals surface area contributed by atoms with Crippen molar-refractivity contribution >= 4 is 17.5 Å². The molecule has 2 N–H and O–H groups in total. The molecule has 0 radical (unpaired) electrons. The lowest BCUT2D eigenvalue weighted by Crippen LogP contribution is -2.28. The first-order valence-corrected chi connectivity index (χ1v) is 6.90. The zero-order valence-electron chi connectivity index (χ0n) is 11.4. The number of carbonyl (C=O) groups is 1. The summed E-state index contributed by atoms with van der Waals surface area (Å²) in [6.07, 6.45) is 0. The number of hydrogen-bond acceptors (Lipinski definition) is 3. The van der Waals surface area contributed by atoms with E-state index in [-0.39, 0.29) is 19.1 Å². The Morgan fingerprint density at radius 3 is 2.48 bits per heavy atom. The third kappa shape index (κ3) is 4.48. The molecular formula is C16H16ClNO3. The highest BCUT2D eigenvalue weighted by atomic mass is 35.5. The molecule has 0 saturated heterocycles. The highest BCUT2D eigenvalue weighted by Gasteiger charge is 2.06. The van der Waals surface area contributed by atoms with Crippen LogP contribution in [0.15, 0.2) is 48.5 Å². The maximum Gasteiger partial charge on any atom is 0.258 e. The van der Waals surface area contributed by atoms with Crippen LogP contribution in [-0.4, -0.2) is 17.6 Å². The van der Waals surface area contributed by atoms with Crippen molar-refractivity contribution in [2.24, 2.45) is 0 Å². The van der Waals surface area contributed by atoms with Crippen molar-refractivity contribution in [2.45, 2.75) is 13.2 Å². The van der Waals surface area contributed by atoms with Gasteiger partial charge in [-0.3, -0.25) is 4.79 Å². The Balaban J connectivity index is 1.84. The third-order valence-corrected chi connectivity index (χ3v) is 3.27. The van der Waals surface area contributed by atoms with Gasteiger partial charge in [0.2, 0.25) is 0 Å². The van der Waals surface area contributed by atoms with E-state index in [1.807, 2.05) is 24.3 Å². The number of aliphatic hydroxyl groups is 1. The summed E-state index contributed by atoms with van der Waals surface area (Å²) in [5.74, 6) is 0.229. The van der Waals surface area contributed by atoms with Crippen LogP contribution in [0, 0.1) is 0 Å². The Bertz CT molecular complexity index is 616. The molecular weight excluding hydrogens is 290 g/mol. The molecule has 1 amide bonds. The van der Waals surface area contributed by atoms with Crippen molar-refractivity contribution in [1.29, 1.82) is 0 Å². The van der Waals surface area contributed by atoms with Crippen LogP contribution in [0.2, 0.25) is 5.02 Å². The molecule has 110 valence electrons. The predicted molar refractivity (Wildman–Crippen MR) is 81.2 cm³/mol. The smallest absolute Gasteiger partial charge is 0.258 e. The lowest BCUT2D eigenvalue weighted by molar-refractivity contribution is -0.123. The van der Waals surface area contributed by atoms with Crippen molar-refractivity contribution in [3.05, 3.63) is 64.7 Å². The van der Waals surface area contributed by atoms with Gasteiger partial charge in [-0.15, -0.1) is 0 Å². The van der Waals surface area contributed by atoms with E-state index in [0.29, 0.717) is 17.3 Å². The number of hydrogen-bond donors (Lipinski definition) is 2. The Morgan fingerprint density at radius 2 is 1.76 bits per heavy atom. The second kappa shape index (κ2) is 7.67. The molecule has 2 rings (SSSR count). The number of amides is 1. The molecule has 21 heavy (non-hydrogen) atoms. The molecule has 0 saturated carbocycles. The monoisotopic (exact) mass is 305 g/mol. The predicted octanol–water partition coefficient (Wildman–Crippen LogP) is 2.53. The van der Waals surface area contributed by atoms with Crippen LogP contribution in [0.3, 0.4) is 0 Å². The molecule has 2 aromatic carbocycles. The maximum atomic E-state index is 11.8. The van der Waals surface area contributed by atoms with E-state index in [2.05, 4.69) is 5.32 Å². The minimum Gasteiger partial charge on any atom is -0.482 e. The summed E-state index contributed by atoms with van der Waals surface area (Å²) in [5.41, 5.74) is 1.68. The molecule has 0 atom stereocenters. The SMILES string of the molecule is O=C(COc1ccccc1Cl)NCc1ccccc1CO. The van der Waals surface area contributed by atoms with E-state index in [9.17, 15) is 9.90 Å². The van der Waals surface area contributed by atoms with Gasteiger partial charge in [0.15, 0.2) is 6.61 Å².